The van der Waals surface area contributed by atoms with Crippen molar-refractivity contribution in [2.75, 3.05) is 5.32 Å². The van der Waals surface area contributed by atoms with Gasteiger partial charge in [-0.15, -0.1) is 0 Å². The van der Waals surface area contributed by atoms with E-state index in [0.717, 1.165) is 0 Å². The minimum atomic E-state index is -0.726. The van der Waals surface area contributed by atoms with Gasteiger partial charge >= 0.3 is 5.69 Å². The molecule has 1 aromatic heterocycles. The molecule has 3 N–H and O–H groups in total. The number of aromatic amines is 2. The van der Waals surface area contributed by atoms with Gasteiger partial charge in [-0.25, -0.2) is 4.79 Å². The SMILES string of the molecule is CC(Oc1ccccc1Cl)C(=O)Nc1ccc2[nH]c(=O)[nH]c2c1. The summed E-state index contributed by atoms with van der Waals surface area (Å²) in [5.74, 6) is 0.129. The largest absolute Gasteiger partial charge is 0.479 e. The molecule has 0 aliphatic carbocycles. The lowest BCUT2D eigenvalue weighted by Gasteiger charge is -2.15. The van der Waals surface area contributed by atoms with Crippen LogP contribution in [0, 0.1) is 0 Å². The zero-order chi connectivity index (χ0) is 16.4. The highest BCUT2D eigenvalue weighted by Gasteiger charge is 2.16. The molecule has 1 heterocycles. The van der Waals surface area contributed by atoms with Crippen molar-refractivity contribution in [3.05, 3.63) is 58.0 Å². The van der Waals surface area contributed by atoms with E-state index in [4.69, 9.17) is 16.3 Å². The number of ether oxygens (including phenoxy) is 1. The molecule has 0 saturated carbocycles. The van der Waals surface area contributed by atoms with E-state index in [-0.39, 0.29) is 11.6 Å². The van der Waals surface area contributed by atoms with Gasteiger partial charge < -0.3 is 20.0 Å². The Balaban J connectivity index is 1.72. The molecule has 1 amide bonds. The Hall–Kier alpha value is -2.73. The molecule has 118 valence electrons. The Kier molecular flexibility index (Phi) is 4.08. The third-order valence-corrected chi connectivity index (χ3v) is 3.61. The zero-order valence-electron chi connectivity index (χ0n) is 12.2. The summed E-state index contributed by atoms with van der Waals surface area (Å²) in [4.78, 5) is 28.7. The standard InChI is InChI=1S/C16H14ClN3O3/c1-9(23-14-5-3-2-4-11(14)17)15(21)18-10-6-7-12-13(8-10)20-16(22)19-12/h2-9H,1H3,(H,18,21)(H2,19,20,22). The summed E-state index contributed by atoms with van der Waals surface area (Å²) in [5, 5.41) is 3.18. The molecule has 23 heavy (non-hydrogen) atoms. The Morgan fingerprint density at radius 2 is 1.91 bits per heavy atom. The van der Waals surface area contributed by atoms with E-state index >= 15 is 0 Å². The number of carbonyl (C=O) groups excluding carboxylic acids is 1. The molecule has 1 atom stereocenters. The Morgan fingerprint density at radius 1 is 1.17 bits per heavy atom. The maximum Gasteiger partial charge on any atom is 0.323 e. The maximum atomic E-state index is 12.2. The van der Waals surface area contributed by atoms with Crippen molar-refractivity contribution in [3.8, 4) is 5.75 Å². The van der Waals surface area contributed by atoms with Crippen molar-refractivity contribution in [2.24, 2.45) is 0 Å². The lowest BCUT2D eigenvalue weighted by molar-refractivity contribution is -0.122. The van der Waals surface area contributed by atoms with Crippen molar-refractivity contribution in [3.63, 3.8) is 0 Å². The zero-order valence-corrected chi connectivity index (χ0v) is 13.0. The highest BCUT2D eigenvalue weighted by molar-refractivity contribution is 6.32. The van der Waals surface area contributed by atoms with E-state index in [1.165, 1.54) is 0 Å². The van der Waals surface area contributed by atoms with Gasteiger partial charge in [-0.05, 0) is 37.3 Å². The van der Waals surface area contributed by atoms with Gasteiger partial charge in [0.1, 0.15) is 5.75 Å². The number of H-pyrrole nitrogens is 2. The summed E-state index contributed by atoms with van der Waals surface area (Å²) in [5.41, 5.74) is 1.56. The number of rotatable bonds is 4. The molecule has 2 aromatic carbocycles. The van der Waals surface area contributed by atoms with Gasteiger partial charge in [0.2, 0.25) is 0 Å². The molecule has 0 bridgehead atoms. The number of amides is 1. The smallest absolute Gasteiger partial charge is 0.323 e. The number of imidazole rings is 1. The Bertz CT molecular complexity index is 916. The first-order valence-electron chi connectivity index (χ1n) is 6.97. The van der Waals surface area contributed by atoms with E-state index in [9.17, 15) is 9.59 Å². The van der Waals surface area contributed by atoms with Crippen LogP contribution in [0.15, 0.2) is 47.3 Å². The maximum absolute atomic E-state index is 12.2. The number of fused-ring (bicyclic) bond motifs is 1. The molecule has 0 aliphatic rings. The van der Waals surface area contributed by atoms with Crippen LogP contribution >= 0.6 is 11.6 Å². The highest BCUT2D eigenvalue weighted by atomic mass is 35.5. The number of halogens is 1. The number of hydrogen-bond acceptors (Lipinski definition) is 3. The molecule has 3 aromatic rings. The van der Waals surface area contributed by atoms with Crippen molar-refractivity contribution in [1.29, 1.82) is 0 Å². The normalized spacial score (nSPS) is 12.1. The average Bonchev–Trinajstić information content (AvgIpc) is 2.88. The number of aromatic nitrogens is 2. The lowest BCUT2D eigenvalue weighted by Crippen LogP contribution is -2.30. The van der Waals surface area contributed by atoms with Crippen LogP contribution in [0.4, 0.5) is 5.69 Å². The van der Waals surface area contributed by atoms with E-state index in [0.29, 0.717) is 27.5 Å². The summed E-state index contributed by atoms with van der Waals surface area (Å²) >= 11 is 6.01. The van der Waals surface area contributed by atoms with Gasteiger partial charge in [0.05, 0.1) is 16.1 Å². The molecule has 1 unspecified atom stereocenters. The molecular formula is C16H14ClN3O3. The predicted octanol–water partition coefficient (Wildman–Crippen LogP) is 2.92. The van der Waals surface area contributed by atoms with E-state index < -0.39 is 6.10 Å². The third kappa shape index (κ3) is 3.37. The molecule has 0 aliphatic heterocycles. The first-order chi connectivity index (χ1) is 11.0. The number of para-hydroxylation sites is 1. The van der Waals surface area contributed by atoms with Crippen LogP contribution in [0.5, 0.6) is 5.75 Å². The van der Waals surface area contributed by atoms with E-state index in [2.05, 4.69) is 15.3 Å². The van der Waals surface area contributed by atoms with Gasteiger partial charge in [-0.3, -0.25) is 4.79 Å². The summed E-state index contributed by atoms with van der Waals surface area (Å²) in [6, 6.07) is 12.0. The van der Waals surface area contributed by atoms with E-state index in [1.54, 1.807) is 49.4 Å². The number of benzene rings is 2. The van der Waals surface area contributed by atoms with Crippen LogP contribution in [0.25, 0.3) is 11.0 Å². The molecule has 3 rings (SSSR count). The second-order valence-corrected chi connectivity index (χ2v) is 5.43. The van der Waals surface area contributed by atoms with Crippen LogP contribution in [0.2, 0.25) is 5.02 Å². The van der Waals surface area contributed by atoms with Crippen LogP contribution < -0.4 is 15.7 Å². The van der Waals surface area contributed by atoms with Gasteiger partial charge in [0, 0.05) is 5.69 Å². The number of carbonyl (C=O) groups is 1. The fourth-order valence-electron chi connectivity index (χ4n) is 2.14. The summed E-state index contributed by atoms with van der Waals surface area (Å²) in [7, 11) is 0. The van der Waals surface area contributed by atoms with Gasteiger partial charge in [-0.2, -0.15) is 0 Å². The molecular weight excluding hydrogens is 318 g/mol. The third-order valence-electron chi connectivity index (χ3n) is 3.29. The predicted molar refractivity (Wildman–Crippen MR) is 89.1 cm³/mol. The Labute approximate surface area is 136 Å². The van der Waals surface area contributed by atoms with Gasteiger partial charge in [-0.1, -0.05) is 23.7 Å². The summed E-state index contributed by atoms with van der Waals surface area (Å²) < 4.78 is 5.56. The molecule has 6 nitrogen and oxygen atoms in total. The average molecular weight is 332 g/mol. The highest BCUT2D eigenvalue weighted by Crippen LogP contribution is 2.24. The van der Waals surface area contributed by atoms with Crippen LogP contribution in [0.1, 0.15) is 6.92 Å². The first-order valence-corrected chi connectivity index (χ1v) is 7.35. The van der Waals surface area contributed by atoms with Crippen molar-refractivity contribution < 1.29 is 9.53 Å². The minimum Gasteiger partial charge on any atom is -0.479 e. The fraction of sp³-hybridized carbons (Fsp3) is 0.125. The topological polar surface area (TPSA) is 87.0 Å². The number of nitrogens with one attached hydrogen (secondary N) is 3. The summed E-state index contributed by atoms with van der Waals surface area (Å²) in [6.07, 6.45) is -0.726. The lowest BCUT2D eigenvalue weighted by atomic mass is 10.2. The summed E-state index contributed by atoms with van der Waals surface area (Å²) in [6.45, 7) is 1.63. The number of anilines is 1. The van der Waals surface area contributed by atoms with Crippen molar-refractivity contribution in [1.82, 2.24) is 9.97 Å². The van der Waals surface area contributed by atoms with E-state index in [1.807, 2.05) is 0 Å². The molecule has 0 saturated heterocycles. The van der Waals surface area contributed by atoms with Gasteiger partial charge in [0.15, 0.2) is 6.10 Å². The minimum absolute atomic E-state index is 0.293. The van der Waals surface area contributed by atoms with Crippen LogP contribution in [-0.2, 0) is 4.79 Å². The molecule has 7 heteroatoms. The molecule has 0 fully saturated rings. The van der Waals surface area contributed by atoms with Crippen LogP contribution in [-0.4, -0.2) is 22.0 Å². The number of hydrogen-bond donors (Lipinski definition) is 3. The van der Waals surface area contributed by atoms with Crippen LogP contribution in [0.3, 0.4) is 0 Å². The molecule has 0 spiro atoms. The second-order valence-electron chi connectivity index (χ2n) is 5.02. The van der Waals surface area contributed by atoms with Crippen molar-refractivity contribution in [2.45, 2.75) is 13.0 Å². The second kappa shape index (κ2) is 6.18. The quantitative estimate of drug-likeness (QED) is 0.687. The Morgan fingerprint density at radius 3 is 2.70 bits per heavy atom. The monoisotopic (exact) mass is 331 g/mol. The van der Waals surface area contributed by atoms with Crippen molar-refractivity contribution >= 4 is 34.2 Å². The van der Waals surface area contributed by atoms with Gasteiger partial charge in [0.25, 0.3) is 5.91 Å². The fourth-order valence-corrected chi connectivity index (χ4v) is 2.32. The first kappa shape index (κ1) is 15.2. The molecule has 0 radical (unpaired) electrons.